The number of thiocarbonyl (C=S) groups is 1. The van der Waals surface area contributed by atoms with Crippen molar-refractivity contribution < 1.29 is 0 Å². The van der Waals surface area contributed by atoms with Gasteiger partial charge in [0.15, 0.2) is 0 Å². The average Bonchev–Trinajstić information content (AvgIpc) is 2.69. The van der Waals surface area contributed by atoms with Gasteiger partial charge in [0.25, 0.3) is 0 Å². The smallest absolute Gasteiger partial charge is 0.106 e. The van der Waals surface area contributed by atoms with E-state index in [9.17, 15) is 0 Å². The third-order valence-electron chi connectivity index (χ3n) is 5.02. The Bertz CT molecular complexity index is 802. The first-order valence-corrected chi connectivity index (χ1v) is 11.0. The predicted octanol–water partition coefficient (Wildman–Crippen LogP) is 5.30. The van der Waals surface area contributed by atoms with Gasteiger partial charge in [0.2, 0.25) is 0 Å². The Morgan fingerprint density at radius 2 is 1.78 bits per heavy atom. The van der Waals surface area contributed by atoms with Crippen LogP contribution in [0.3, 0.4) is 0 Å². The van der Waals surface area contributed by atoms with Gasteiger partial charge in [-0.2, -0.15) is 0 Å². The molecule has 5 heteroatoms. The molecule has 0 aliphatic carbocycles. The number of nitrogens with zero attached hydrogens (tertiary/aromatic N) is 2. The summed E-state index contributed by atoms with van der Waals surface area (Å²) in [6.07, 6.45) is 0. The van der Waals surface area contributed by atoms with Gasteiger partial charge in [-0.05, 0) is 51.2 Å². The SMILES string of the molecule is CCNC(=S)c1ccc2c(c1)N(C(C)CN(CC)CC)c1ccccc1S2. The highest BCUT2D eigenvalue weighted by Crippen LogP contribution is 2.49. The number of rotatable bonds is 7. The Labute approximate surface area is 173 Å². The van der Waals surface area contributed by atoms with E-state index in [1.54, 1.807) is 0 Å². The van der Waals surface area contributed by atoms with E-state index < -0.39 is 0 Å². The lowest BCUT2D eigenvalue weighted by Gasteiger charge is -2.39. The lowest BCUT2D eigenvalue weighted by atomic mass is 10.1. The minimum Gasteiger partial charge on any atom is -0.376 e. The fourth-order valence-electron chi connectivity index (χ4n) is 3.60. The molecule has 27 heavy (non-hydrogen) atoms. The van der Waals surface area contributed by atoms with Crippen LogP contribution >= 0.6 is 24.0 Å². The van der Waals surface area contributed by atoms with Crippen molar-refractivity contribution in [2.45, 2.75) is 43.5 Å². The van der Waals surface area contributed by atoms with E-state index in [4.69, 9.17) is 12.2 Å². The number of likely N-dealkylation sites (N-methyl/N-ethyl adjacent to an activating group) is 1. The van der Waals surface area contributed by atoms with Gasteiger partial charge in [0, 0.05) is 34.5 Å². The van der Waals surface area contributed by atoms with Gasteiger partial charge in [0.05, 0.1) is 11.4 Å². The fourth-order valence-corrected chi connectivity index (χ4v) is 4.92. The van der Waals surface area contributed by atoms with Crippen molar-refractivity contribution in [3.8, 4) is 0 Å². The minimum atomic E-state index is 0.369. The summed E-state index contributed by atoms with van der Waals surface area (Å²) in [6.45, 7) is 12.9. The molecule has 0 amide bonds. The molecule has 0 bridgehead atoms. The summed E-state index contributed by atoms with van der Waals surface area (Å²) in [6, 6.07) is 15.7. The molecule has 0 spiro atoms. The summed E-state index contributed by atoms with van der Waals surface area (Å²) < 4.78 is 0. The van der Waals surface area contributed by atoms with Crippen LogP contribution in [0.2, 0.25) is 0 Å². The van der Waals surface area contributed by atoms with Gasteiger partial charge in [0.1, 0.15) is 4.99 Å². The molecule has 0 fully saturated rings. The first-order valence-electron chi connectivity index (χ1n) is 9.79. The second-order valence-corrected chi connectivity index (χ2v) is 8.31. The van der Waals surface area contributed by atoms with Crippen LogP contribution in [0.1, 0.15) is 33.3 Å². The van der Waals surface area contributed by atoms with Crippen molar-refractivity contribution >= 4 is 40.3 Å². The lowest BCUT2D eigenvalue weighted by Crippen LogP contribution is -2.41. The molecule has 1 N–H and O–H groups in total. The van der Waals surface area contributed by atoms with E-state index in [1.807, 2.05) is 11.8 Å². The van der Waals surface area contributed by atoms with Gasteiger partial charge in [-0.1, -0.05) is 56.0 Å². The summed E-state index contributed by atoms with van der Waals surface area (Å²) in [7, 11) is 0. The third kappa shape index (κ3) is 4.31. The van der Waals surface area contributed by atoms with Gasteiger partial charge in [-0.3, -0.25) is 0 Å². The van der Waals surface area contributed by atoms with Gasteiger partial charge in [-0.15, -0.1) is 0 Å². The molecular weight excluding hydrogens is 370 g/mol. The molecule has 1 atom stereocenters. The summed E-state index contributed by atoms with van der Waals surface area (Å²) in [4.78, 5) is 8.42. The maximum atomic E-state index is 5.57. The predicted molar refractivity (Wildman–Crippen MR) is 122 cm³/mol. The molecule has 144 valence electrons. The van der Waals surface area contributed by atoms with Crippen molar-refractivity contribution in [2.75, 3.05) is 31.1 Å². The minimum absolute atomic E-state index is 0.369. The Morgan fingerprint density at radius 1 is 1.07 bits per heavy atom. The Hall–Kier alpha value is -1.56. The second kappa shape index (κ2) is 9.09. The lowest BCUT2D eigenvalue weighted by molar-refractivity contribution is 0.288. The molecule has 3 rings (SSSR count). The largest absolute Gasteiger partial charge is 0.376 e. The molecule has 0 saturated carbocycles. The van der Waals surface area contributed by atoms with Crippen LogP contribution < -0.4 is 10.2 Å². The second-order valence-electron chi connectivity index (χ2n) is 6.82. The molecule has 0 saturated heterocycles. The fraction of sp³-hybridized carbons (Fsp3) is 0.409. The first-order chi connectivity index (χ1) is 13.1. The topological polar surface area (TPSA) is 18.5 Å². The summed E-state index contributed by atoms with van der Waals surface area (Å²) in [5, 5.41) is 3.28. The number of para-hydroxylation sites is 1. The van der Waals surface area contributed by atoms with E-state index >= 15 is 0 Å². The molecule has 1 heterocycles. The summed E-state index contributed by atoms with van der Waals surface area (Å²) in [5.41, 5.74) is 3.64. The molecule has 1 aliphatic heterocycles. The average molecular weight is 400 g/mol. The normalized spacial score (nSPS) is 13.9. The highest BCUT2D eigenvalue weighted by atomic mass is 32.2. The third-order valence-corrected chi connectivity index (χ3v) is 6.53. The number of hydrogen-bond acceptors (Lipinski definition) is 4. The van der Waals surface area contributed by atoms with E-state index in [2.05, 4.69) is 85.3 Å². The zero-order valence-corrected chi connectivity index (χ0v) is 18.3. The van der Waals surface area contributed by atoms with Crippen LogP contribution in [-0.4, -0.2) is 42.1 Å². The van der Waals surface area contributed by atoms with Crippen LogP contribution in [-0.2, 0) is 0 Å². The zero-order valence-electron chi connectivity index (χ0n) is 16.7. The maximum absolute atomic E-state index is 5.57. The van der Waals surface area contributed by atoms with Crippen molar-refractivity contribution in [3.05, 3.63) is 48.0 Å². The quantitative estimate of drug-likeness (QED) is 0.635. The highest BCUT2D eigenvalue weighted by molar-refractivity contribution is 7.99. The molecule has 2 aromatic carbocycles. The van der Waals surface area contributed by atoms with Gasteiger partial charge >= 0.3 is 0 Å². The Morgan fingerprint density at radius 3 is 2.48 bits per heavy atom. The molecule has 1 unspecified atom stereocenters. The Balaban J connectivity index is 2.03. The van der Waals surface area contributed by atoms with E-state index in [1.165, 1.54) is 21.2 Å². The summed E-state index contributed by atoms with van der Waals surface area (Å²) in [5.74, 6) is 0. The molecular formula is C22H29N3S2. The zero-order chi connectivity index (χ0) is 19.4. The maximum Gasteiger partial charge on any atom is 0.106 e. The molecule has 1 aliphatic rings. The van der Waals surface area contributed by atoms with Crippen LogP contribution in [0.4, 0.5) is 11.4 Å². The van der Waals surface area contributed by atoms with Crippen LogP contribution in [0, 0.1) is 0 Å². The number of hydrogen-bond donors (Lipinski definition) is 1. The molecule has 0 radical (unpaired) electrons. The monoisotopic (exact) mass is 399 g/mol. The standard InChI is InChI=1S/C22H29N3S2/c1-5-23-22(26)17-12-13-21-19(14-17)25(16(4)15-24(6-2)7-3)18-10-8-9-11-20(18)27-21/h8-14,16H,5-7,15H2,1-4H3,(H,23,26). The van der Waals surface area contributed by atoms with E-state index in [-0.39, 0.29) is 0 Å². The first kappa shape index (κ1) is 20.2. The van der Waals surface area contributed by atoms with Crippen molar-refractivity contribution in [2.24, 2.45) is 0 Å². The van der Waals surface area contributed by atoms with Crippen LogP contribution in [0.5, 0.6) is 0 Å². The number of benzene rings is 2. The molecule has 2 aromatic rings. The number of nitrogens with one attached hydrogen (secondary N) is 1. The molecule has 3 nitrogen and oxygen atoms in total. The van der Waals surface area contributed by atoms with Gasteiger partial charge < -0.3 is 15.1 Å². The van der Waals surface area contributed by atoms with Gasteiger partial charge in [-0.25, -0.2) is 0 Å². The Kier molecular flexibility index (Phi) is 6.79. The number of fused-ring (bicyclic) bond motifs is 2. The number of anilines is 2. The van der Waals surface area contributed by atoms with Crippen LogP contribution in [0.15, 0.2) is 52.3 Å². The molecule has 0 aromatic heterocycles. The highest BCUT2D eigenvalue weighted by Gasteiger charge is 2.28. The van der Waals surface area contributed by atoms with E-state index in [0.717, 1.165) is 36.7 Å². The van der Waals surface area contributed by atoms with Crippen LogP contribution in [0.25, 0.3) is 0 Å². The van der Waals surface area contributed by atoms with Crippen molar-refractivity contribution in [1.29, 1.82) is 0 Å². The van der Waals surface area contributed by atoms with E-state index in [0.29, 0.717) is 6.04 Å². The van der Waals surface area contributed by atoms with Crippen molar-refractivity contribution in [1.82, 2.24) is 10.2 Å². The summed E-state index contributed by atoms with van der Waals surface area (Å²) >= 11 is 7.42. The van der Waals surface area contributed by atoms with Crippen molar-refractivity contribution in [3.63, 3.8) is 0 Å².